The first-order valence-corrected chi connectivity index (χ1v) is 9.63. The Morgan fingerprint density at radius 1 is 1.00 bits per heavy atom. The second-order valence-corrected chi connectivity index (χ2v) is 8.56. The van der Waals surface area contributed by atoms with Crippen LogP contribution in [0.15, 0.2) is 0 Å². The van der Waals surface area contributed by atoms with E-state index in [2.05, 4.69) is 37.5 Å². The second kappa shape index (κ2) is 8.80. The molecule has 0 amide bonds. The number of ether oxygens (including phenoxy) is 1. The Hall–Kier alpha value is -0.160. The van der Waals surface area contributed by atoms with Crippen LogP contribution < -0.4 is 0 Å². The van der Waals surface area contributed by atoms with E-state index in [1.54, 1.807) is 0 Å². The first kappa shape index (κ1) is 19.2. The molecular formula is C19H38N2O2. The minimum Gasteiger partial charge on any atom is -0.389 e. The molecule has 2 aliphatic rings. The van der Waals surface area contributed by atoms with Crippen molar-refractivity contribution >= 4 is 0 Å². The Bertz CT molecular complexity index is 327. The number of likely N-dealkylation sites (N-methyl/N-ethyl adjacent to an activating group) is 1. The van der Waals surface area contributed by atoms with Gasteiger partial charge < -0.3 is 14.7 Å². The largest absolute Gasteiger partial charge is 0.389 e. The Morgan fingerprint density at radius 2 is 1.57 bits per heavy atom. The SMILES string of the molecule is CCN1CCN(CC(O)COC2CCC(C(C)(C)C)CC2)CC1. The van der Waals surface area contributed by atoms with Gasteiger partial charge in [0.05, 0.1) is 18.8 Å². The maximum absolute atomic E-state index is 10.3. The molecule has 0 radical (unpaired) electrons. The summed E-state index contributed by atoms with van der Waals surface area (Å²) < 4.78 is 6.00. The van der Waals surface area contributed by atoms with Crippen LogP contribution in [0.4, 0.5) is 0 Å². The zero-order valence-corrected chi connectivity index (χ0v) is 15.8. The topological polar surface area (TPSA) is 35.9 Å². The summed E-state index contributed by atoms with van der Waals surface area (Å²) in [5, 5.41) is 10.3. The fourth-order valence-corrected chi connectivity index (χ4v) is 3.98. The molecule has 0 aromatic rings. The molecule has 2 rings (SSSR count). The van der Waals surface area contributed by atoms with Gasteiger partial charge in [0.1, 0.15) is 0 Å². The molecule has 0 aromatic heterocycles. The summed E-state index contributed by atoms with van der Waals surface area (Å²) in [7, 11) is 0. The number of hydrogen-bond donors (Lipinski definition) is 1. The van der Waals surface area contributed by atoms with Gasteiger partial charge in [-0.2, -0.15) is 0 Å². The van der Waals surface area contributed by atoms with Crippen LogP contribution in [0.2, 0.25) is 0 Å². The van der Waals surface area contributed by atoms with Gasteiger partial charge in [-0.15, -0.1) is 0 Å². The third kappa shape index (κ3) is 6.33. The number of hydrogen-bond acceptors (Lipinski definition) is 4. The van der Waals surface area contributed by atoms with E-state index in [0.717, 1.165) is 58.0 Å². The van der Waals surface area contributed by atoms with Gasteiger partial charge in [0, 0.05) is 32.7 Å². The Morgan fingerprint density at radius 3 is 2.09 bits per heavy atom. The van der Waals surface area contributed by atoms with Crippen molar-refractivity contribution in [2.75, 3.05) is 45.9 Å². The van der Waals surface area contributed by atoms with Gasteiger partial charge in [0.15, 0.2) is 0 Å². The lowest BCUT2D eigenvalue weighted by molar-refractivity contribution is -0.0470. The lowest BCUT2D eigenvalue weighted by Gasteiger charge is -2.37. The van der Waals surface area contributed by atoms with Crippen molar-refractivity contribution in [3.63, 3.8) is 0 Å². The quantitative estimate of drug-likeness (QED) is 0.814. The van der Waals surface area contributed by atoms with E-state index in [9.17, 15) is 5.11 Å². The predicted octanol–water partition coefficient (Wildman–Crippen LogP) is 2.61. The van der Waals surface area contributed by atoms with Gasteiger partial charge >= 0.3 is 0 Å². The average molecular weight is 327 g/mol. The van der Waals surface area contributed by atoms with E-state index in [4.69, 9.17) is 4.74 Å². The van der Waals surface area contributed by atoms with Crippen molar-refractivity contribution in [1.29, 1.82) is 0 Å². The van der Waals surface area contributed by atoms with Crippen LogP contribution in [0.1, 0.15) is 53.4 Å². The summed E-state index contributed by atoms with van der Waals surface area (Å²) in [4.78, 5) is 4.84. The molecule has 0 bridgehead atoms. The summed E-state index contributed by atoms with van der Waals surface area (Å²) in [6, 6.07) is 0. The van der Waals surface area contributed by atoms with Gasteiger partial charge in [0.25, 0.3) is 0 Å². The molecule has 1 aliphatic carbocycles. The zero-order chi connectivity index (χ0) is 16.9. The lowest BCUT2D eigenvalue weighted by Crippen LogP contribution is -2.49. The van der Waals surface area contributed by atoms with E-state index in [1.165, 1.54) is 12.8 Å². The average Bonchev–Trinajstić information content (AvgIpc) is 2.53. The van der Waals surface area contributed by atoms with Crippen molar-refractivity contribution in [3.05, 3.63) is 0 Å². The lowest BCUT2D eigenvalue weighted by atomic mass is 9.72. The van der Waals surface area contributed by atoms with Crippen LogP contribution in [-0.2, 0) is 4.74 Å². The molecule has 1 N–H and O–H groups in total. The summed E-state index contributed by atoms with van der Waals surface area (Å²) >= 11 is 0. The molecule has 2 fully saturated rings. The van der Waals surface area contributed by atoms with E-state index >= 15 is 0 Å². The Labute approximate surface area is 143 Å². The van der Waals surface area contributed by atoms with Crippen LogP contribution in [-0.4, -0.2) is 73.0 Å². The highest BCUT2D eigenvalue weighted by Crippen LogP contribution is 2.38. The molecule has 23 heavy (non-hydrogen) atoms. The number of aliphatic hydroxyl groups excluding tert-OH is 1. The molecule has 4 nitrogen and oxygen atoms in total. The van der Waals surface area contributed by atoms with Gasteiger partial charge in [-0.25, -0.2) is 0 Å². The minimum absolute atomic E-state index is 0.344. The van der Waals surface area contributed by atoms with Crippen LogP contribution in [0.3, 0.4) is 0 Å². The summed E-state index contributed by atoms with van der Waals surface area (Å²) in [6.45, 7) is 16.0. The van der Waals surface area contributed by atoms with Crippen molar-refractivity contribution in [1.82, 2.24) is 9.80 Å². The molecule has 1 atom stereocenters. The summed E-state index contributed by atoms with van der Waals surface area (Å²) in [6.07, 6.45) is 4.86. The van der Waals surface area contributed by atoms with Crippen LogP contribution in [0, 0.1) is 11.3 Å². The molecule has 1 saturated heterocycles. The number of piperazine rings is 1. The van der Waals surface area contributed by atoms with E-state index < -0.39 is 0 Å². The first-order valence-electron chi connectivity index (χ1n) is 9.63. The fraction of sp³-hybridized carbons (Fsp3) is 1.00. The Balaban J connectivity index is 1.59. The highest BCUT2D eigenvalue weighted by Gasteiger charge is 2.30. The first-order chi connectivity index (χ1) is 10.9. The zero-order valence-electron chi connectivity index (χ0n) is 15.8. The maximum Gasteiger partial charge on any atom is 0.0900 e. The maximum atomic E-state index is 10.3. The predicted molar refractivity (Wildman–Crippen MR) is 95.7 cm³/mol. The van der Waals surface area contributed by atoms with Crippen molar-refractivity contribution in [2.24, 2.45) is 11.3 Å². The Kier molecular flexibility index (Phi) is 7.33. The smallest absolute Gasteiger partial charge is 0.0900 e. The monoisotopic (exact) mass is 326 g/mol. The molecule has 0 aromatic carbocycles. The molecule has 1 aliphatic heterocycles. The van der Waals surface area contributed by atoms with Crippen molar-refractivity contribution in [2.45, 2.75) is 65.6 Å². The highest BCUT2D eigenvalue weighted by atomic mass is 16.5. The van der Waals surface area contributed by atoms with Crippen molar-refractivity contribution in [3.8, 4) is 0 Å². The molecular weight excluding hydrogens is 288 g/mol. The van der Waals surface area contributed by atoms with Gasteiger partial charge in [-0.3, -0.25) is 4.90 Å². The number of β-amino-alcohol motifs (C(OH)–C–C–N with tert-alkyl or cyclic N) is 1. The van der Waals surface area contributed by atoms with Gasteiger partial charge in [-0.1, -0.05) is 27.7 Å². The number of aliphatic hydroxyl groups is 1. The van der Waals surface area contributed by atoms with Crippen LogP contribution in [0.25, 0.3) is 0 Å². The molecule has 1 unspecified atom stereocenters. The van der Waals surface area contributed by atoms with Gasteiger partial charge in [-0.05, 0) is 43.6 Å². The minimum atomic E-state index is -0.344. The summed E-state index contributed by atoms with van der Waals surface area (Å²) in [5.74, 6) is 0.821. The third-order valence-electron chi connectivity index (χ3n) is 5.80. The van der Waals surface area contributed by atoms with Crippen LogP contribution in [0.5, 0.6) is 0 Å². The fourth-order valence-electron chi connectivity index (χ4n) is 3.98. The highest BCUT2D eigenvalue weighted by molar-refractivity contribution is 4.81. The second-order valence-electron chi connectivity index (χ2n) is 8.56. The molecule has 1 heterocycles. The molecule has 4 heteroatoms. The molecule has 136 valence electrons. The number of rotatable bonds is 6. The van der Waals surface area contributed by atoms with E-state index in [-0.39, 0.29) is 6.10 Å². The third-order valence-corrected chi connectivity index (χ3v) is 5.80. The van der Waals surface area contributed by atoms with E-state index in [1.807, 2.05) is 0 Å². The number of nitrogens with zero attached hydrogens (tertiary/aromatic N) is 2. The summed E-state index contributed by atoms with van der Waals surface area (Å²) in [5.41, 5.74) is 0.422. The normalized spacial score (nSPS) is 29.6. The van der Waals surface area contributed by atoms with Crippen LogP contribution >= 0.6 is 0 Å². The standard InChI is InChI=1S/C19H38N2O2/c1-5-20-10-12-21(13-11-20)14-17(22)15-23-18-8-6-16(7-9-18)19(2,3)4/h16-18,22H,5-15H2,1-4H3. The van der Waals surface area contributed by atoms with Crippen molar-refractivity contribution < 1.29 is 9.84 Å². The molecule has 1 saturated carbocycles. The molecule has 0 spiro atoms. The van der Waals surface area contributed by atoms with Gasteiger partial charge in [0.2, 0.25) is 0 Å². The van der Waals surface area contributed by atoms with E-state index in [0.29, 0.717) is 18.1 Å².